The molecular weight excluding hydrogens is 262 g/mol. The van der Waals surface area contributed by atoms with Gasteiger partial charge in [-0.1, -0.05) is 26.0 Å². The Morgan fingerprint density at radius 1 is 1.32 bits per heavy atom. The predicted molar refractivity (Wildman–Crippen MR) is 77.5 cm³/mol. The zero-order chi connectivity index (χ0) is 14.3. The van der Waals surface area contributed by atoms with E-state index in [1.54, 1.807) is 6.08 Å². The van der Waals surface area contributed by atoms with Crippen molar-refractivity contribution in [3.63, 3.8) is 0 Å². The Hall–Kier alpha value is -1.33. The van der Waals surface area contributed by atoms with E-state index in [2.05, 4.69) is 5.32 Å². The zero-order valence-corrected chi connectivity index (χ0v) is 12.0. The van der Waals surface area contributed by atoms with Crippen LogP contribution < -0.4 is 5.32 Å². The number of carbonyl (C=O) groups excluding carboxylic acids is 2. The summed E-state index contributed by atoms with van der Waals surface area (Å²) in [5, 5.41) is 11.6. The monoisotopic (exact) mass is 281 g/mol. The van der Waals surface area contributed by atoms with Crippen LogP contribution in [-0.2, 0) is 9.59 Å². The summed E-state index contributed by atoms with van der Waals surface area (Å²) >= 11 is 0.983. The van der Waals surface area contributed by atoms with E-state index in [0.29, 0.717) is 4.91 Å². The van der Waals surface area contributed by atoms with Crippen molar-refractivity contribution < 1.29 is 14.7 Å². The summed E-state index contributed by atoms with van der Waals surface area (Å²) in [5.74, 6) is -0.203. The van der Waals surface area contributed by atoms with Crippen LogP contribution in [0.4, 0.5) is 0 Å². The Kier molecular flexibility index (Phi) is 6.59. The maximum atomic E-state index is 11.6. The molecule has 1 fully saturated rings. The predicted octanol–water partition coefficient (Wildman–Crippen LogP) is 1.93. The summed E-state index contributed by atoms with van der Waals surface area (Å²) in [6.45, 7) is 4.09. The first-order valence-corrected chi connectivity index (χ1v) is 7.12. The second kappa shape index (κ2) is 7.96. The Morgan fingerprint density at radius 3 is 2.63 bits per heavy atom. The van der Waals surface area contributed by atoms with Crippen LogP contribution in [-0.4, -0.2) is 29.3 Å². The largest absolute Gasteiger partial charge is 0.392 e. The van der Waals surface area contributed by atoms with Crippen molar-refractivity contribution in [1.29, 1.82) is 0 Å². The Balaban J connectivity index is 2.91. The van der Waals surface area contributed by atoms with E-state index in [9.17, 15) is 9.59 Å². The standard InChI is InChI=1S/C14H19NO3S/c1-3-10(5-6-11(4-2)9-16)7-12-14(18)15-8-13(17)19-12/h5-7,16H,3-4,8-9H2,1-2H3,(H,15,18)/b10-5+,11-6+,12-7-. The molecule has 1 amide bonds. The van der Waals surface area contributed by atoms with Crippen molar-refractivity contribution in [2.24, 2.45) is 0 Å². The van der Waals surface area contributed by atoms with Crippen LogP contribution in [0.15, 0.2) is 34.3 Å². The lowest BCUT2D eigenvalue weighted by Gasteiger charge is -2.13. The van der Waals surface area contributed by atoms with Crippen molar-refractivity contribution in [2.75, 3.05) is 13.2 Å². The van der Waals surface area contributed by atoms with Gasteiger partial charge in [-0.25, -0.2) is 0 Å². The molecule has 0 unspecified atom stereocenters. The molecule has 0 bridgehead atoms. The fraction of sp³-hybridized carbons (Fsp3) is 0.429. The molecule has 0 atom stereocenters. The molecule has 1 rings (SSSR count). The number of hydrogen-bond acceptors (Lipinski definition) is 4. The highest BCUT2D eigenvalue weighted by atomic mass is 32.2. The van der Waals surface area contributed by atoms with E-state index in [0.717, 1.165) is 35.7 Å². The lowest BCUT2D eigenvalue weighted by molar-refractivity contribution is -0.120. The number of carbonyl (C=O) groups is 2. The highest BCUT2D eigenvalue weighted by Crippen LogP contribution is 2.23. The Labute approximate surface area is 117 Å². The normalized spacial score (nSPS) is 19.8. The van der Waals surface area contributed by atoms with Gasteiger partial charge in [0.1, 0.15) is 0 Å². The Morgan fingerprint density at radius 2 is 2.05 bits per heavy atom. The summed E-state index contributed by atoms with van der Waals surface area (Å²) in [7, 11) is 0. The van der Waals surface area contributed by atoms with E-state index in [-0.39, 0.29) is 24.2 Å². The minimum atomic E-state index is -0.203. The molecule has 0 saturated carbocycles. The lowest BCUT2D eigenvalue weighted by Crippen LogP contribution is -2.33. The molecule has 0 spiro atoms. The van der Waals surface area contributed by atoms with Crippen LogP contribution in [0, 0.1) is 0 Å². The van der Waals surface area contributed by atoms with Gasteiger partial charge in [0.25, 0.3) is 5.91 Å². The molecule has 0 aromatic carbocycles. The molecule has 104 valence electrons. The third kappa shape index (κ3) is 5.04. The molecule has 4 nitrogen and oxygen atoms in total. The van der Waals surface area contributed by atoms with Gasteiger partial charge in [0.05, 0.1) is 18.1 Å². The summed E-state index contributed by atoms with van der Waals surface area (Å²) < 4.78 is 0. The zero-order valence-electron chi connectivity index (χ0n) is 11.2. The molecule has 1 heterocycles. The highest BCUT2D eigenvalue weighted by molar-refractivity contribution is 8.17. The van der Waals surface area contributed by atoms with Gasteiger partial charge in [-0.15, -0.1) is 0 Å². The molecule has 0 aromatic rings. The summed E-state index contributed by atoms with van der Waals surface area (Å²) in [5.41, 5.74) is 1.88. The molecule has 5 heteroatoms. The summed E-state index contributed by atoms with van der Waals surface area (Å²) in [4.78, 5) is 23.3. The molecule has 19 heavy (non-hydrogen) atoms. The van der Waals surface area contributed by atoms with Crippen LogP contribution in [0.5, 0.6) is 0 Å². The average Bonchev–Trinajstić information content (AvgIpc) is 2.42. The number of hydrogen-bond donors (Lipinski definition) is 2. The lowest BCUT2D eigenvalue weighted by atomic mass is 10.1. The van der Waals surface area contributed by atoms with Crippen molar-refractivity contribution in [2.45, 2.75) is 26.7 Å². The third-order valence-electron chi connectivity index (χ3n) is 2.76. The minimum Gasteiger partial charge on any atom is -0.392 e. The van der Waals surface area contributed by atoms with Crippen molar-refractivity contribution in [1.82, 2.24) is 5.32 Å². The molecule has 1 saturated heterocycles. The van der Waals surface area contributed by atoms with E-state index in [4.69, 9.17) is 5.11 Å². The fourth-order valence-corrected chi connectivity index (χ4v) is 2.25. The second-order valence-corrected chi connectivity index (χ2v) is 5.20. The summed E-state index contributed by atoms with van der Waals surface area (Å²) in [6.07, 6.45) is 7.02. The quantitative estimate of drug-likeness (QED) is 0.597. The highest BCUT2D eigenvalue weighted by Gasteiger charge is 2.21. The van der Waals surface area contributed by atoms with Gasteiger partial charge in [-0.05, 0) is 41.8 Å². The first-order valence-electron chi connectivity index (χ1n) is 6.30. The number of thioether (sulfide) groups is 1. The van der Waals surface area contributed by atoms with Crippen molar-refractivity contribution in [3.05, 3.63) is 34.3 Å². The molecule has 2 N–H and O–H groups in total. The van der Waals surface area contributed by atoms with Gasteiger partial charge in [0.15, 0.2) is 0 Å². The van der Waals surface area contributed by atoms with Crippen LogP contribution >= 0.6 is 11.8 Å². The van der Waals surface area contributed by atoms with Crippen molar-refractivity contribution >= 4 is 22.8 Å². The van der Waals surface area contributed by atoms with Gasteiger partial charge in [-0.2, -0.15) is 0 Å². The van der Waals surface area contributed by atoms with Crippen LogP contribution in [0.1, 0.15) is 26.7 Å². The minimum absolute atomic E-state index is 0.0360. The van der Waals surface area contributed by atoms with Gasteiger partial charge in [0, 0.05) is 0 Å². The maximum absolute atomic E-state index is 11.6. The average molecular weight is 281 g/mol. The second-order valence-electron chi connectivity index (χ2n) is 4.10. The van der Waals surface area contributed by atoms with Gasteiger partial charge < -0.3 is 10.4 Å². The van der Waals surface area contributed by atoms with Gasteiger partial charge in [-0.3, -0.25) is 9.59 Å². The maximum Gasteiger partial charge on any atom is 0.258 e. The van der Waals surface area contributed by atoms with Crippen LogP contribution in [0.25, 0.3) is 0 Å². The van der Waals surface area contributed by atoms with Crippen molar-refractivity contribution in [3.8, 4) is 0 Å². The van der Waals surface area contributed by atoms with Gasteiger partial charge >= 0.3 is 0 Å². The van der Waals surface area contributed by atoms with E-state index < -0.39 is 0 Å². The number of rotatable bonds is 5. The topological polar surface area (TPSA) is 66.4 Å². The Bertz CT molecular complexity index is 444. The molecular formula is C14H19NO3S. The smallest absolute Gasteiger partial charge is 0.258 e. The van der Waals surface area contributed by atoms with Gasteiger partial charge in [0.2, 0.25) is 5.12 Å². The van der Waals surface area contributed by atoms with Crippen LogP contribution in [0.2, 0.25) is 0 Å². The molecule has 1 aliphatic rings. The first kappa shape index (κ1) is 15.7. The fourth-order valence-electron chi connectivity index (χ4n) is 1.48. The molecule has 0 radical (unpaired) electrons. The SMILES string of the molecule is CCC(/C=C1\SC(=O)CNC1=O)=C\C=C(/CC)CO. The van der Waals surface area contributed by atoms with E-state index in [1.165, 1.54) is 0 Å². The number of aliphatic hydroxyl groups excluding tert-OH is 1. The molecule has 0 aliphatic carbocycles. The van der Waals surface area contributed by atoms with E-state index >= 15 is 0 Å². The third-order valence-corrected chi connectivity index (χ3v) is 3.65. The first-order chi connectivity index (χ1) is 9.10. The molecule has 0 aromatic heterocycles. The molecule has 1 aliphatic heterocycles. The van der Waals surface area contributed by atoms with Crippen LogP contribution in [0.3, 0.4) is 0 Å². The number of aliphatic hydroxyl groups is 1. The number of amides is 1. The number of nitrogens with one attached hydrogen (secondary N) is 1. The van der Waals surface area contributed by atoms with E-state index in [1.807, 2.05) is 26.0 Å². The summed E-state index contributed by atoms with van der Waals surface area (Å²) in [6, 6.07) is 0. The number of allylic oxidation sites excluding steroid dienone is 4.